The van der Waals surface area contributed by atoms with Gasteiger partial charge in [0.25, 0.3) is 20.2 Å². The molecule has 86 valence electrons. The van der Waals surface area contributed by atoms with Crippen LogP contribution in [0.1, 0.15) is 27.7 Å². The molecule has 2 atom stereocenters. The van der Waals surface area contributed by atoms with E-state index >= 15 is 0 Å². The zero-order valence-corrected chi connectivity index (χ0v) is 9.98. The van der Waals surface area contributed by atoms with Crippen LogP contribution in [-0.4, -0.2) is 29.1 Å². The molecule has 0 aliphatic rings. The second-order valence-electron chi connectivity index (χ2n) is 3.14. The molecule has 0 rings (SSSR count). The molecule has 8 heteroatoms. The molecule has 0 heterocycles. The number of carbonyl (C=O) groups is 1. The van der Waals surface area contributed by atoms with E-state index in [-0.39, 0.29) is 11.6 Å². The molecule has 0 amide bonds. The van der Waals surface area contributed by atoms with Gasteiger partial charge in [-0.25, -0.2) is 8.42 Å². The lowest BCUT2D eigenvalue weighted by Crippen LogP contribution is -2.21. The van der Waals surface area contributed by atoms with Crippen LogP contribution in [0.25, 0.3) is 0 Å². The van der Waals surface area contributed by atoms with Crippen molar-refractivity contribution in [3.63, 3.8) is 0 Å². The highest BCUT2D eigenvalue weighted by Crippen LogP contribution is 2.05. The summed E-state index contributed by atoms with van der Waals surface area (Å²) in [4.78, 5) is 10.2. The van der Waals surface area contributed by atoms with Gasteiger partial charge in [-0.1, -0.05) is 0 Å². The van der Waals surface area contributed by atoms with Gasteiger partial charge in [0.05, 0.1) is 0 Å². The monoisotopic (exact) mass is 246 g/mol. The molecule has 2 unspecified atom stereocenters. The Balaban J connectivity index is 0. The van der Waals surface area contributed by atoms with Crippen molar-refractivity contribution in [2.45, 2.75) is 33.3 Å². The highest BCUT2D eigenvalue weighted by Gasteiger charge is 2.11. The fourth-order valence-corrected chi connectivity index (χ4v) is 0.431. The number of esters is 1. The first-order chi connectivity index (χ1) is 6.06. The normalized spacial score (nSPS) is 14.7. The molecule has 0 bridgehead atoms. The molecule has 0 radical (unpaired) electrons. The first-order valence-corrected chi connectivity index (χ1v) is 6.21. The molecule has 0 aromatic carbocycles. The Labute approximate surface area is 87.0 Å². The van der Waals surface area contributed by atoms with Gasteiger partial charge in [0.1, 0.15) is 5.60 Å². The van der Waals surface area contributed by atoms with Gasteiger partial charge in [0.15, 0.2) is 0 Å². The van der Waals surface area contributed by atoms with Crippen molar-refractivity contribution in [1.82, 2.24) is 0 Å². The Morgan fingerprint density at radius 1 is 1.14 bits per heavy atom. The zero-order valence-electron chi connectivity index (χ0n) is 8.34. The largest absolute Gasteiger partial charge is 0.460 e. The molecule has 6 nitrogen and oxygen atoms in total. The van der Waals surface area contributed by atoms with E-state index in [0.29, 0.717) is 0 Å². The first kappa shape index (κ1) is 16.1. The Hall–Kier alpha value is -0.310. The Morgan fingerprint density at radius 2 is 1.43 bits per heavy atom. The van der Waals surface area contributed by atoms with Crippen molar-refractivity contribution in [1.29, 1.82) is 0 Å². The van der Waals surface area contributed by atoms with Crippen LogP contribution in [0.2, 0.25) is 0 Å². The van der Waals surface area contributed by atoms with E-state index in [2.05, 4.69) is 0 Å². The highest BCUT2D eigenvalue weighted by molar-refractivity contribution is 8.56. The second kappa shape index (κ2) is 7.04. The third kappa shape index (κ3) is 17.7. The van der Waals surface area contributed by atoms with Crippen LogP contribution in [0.4, 0.5) is 0 Å². The molecule has 0 saturated heterocycles. The fourth-order valence-electron chi connectivity index (χ4n) is 0.431. The predicted molar refractivity (Wildman–Crippen MR) is 53.1 cm³/mol. The van der Waals surface area contributed by atoms with Gasteiger partial charge >= 0.3 is 5.97 Å². The Bertz CT molecular complexity index is 219. The van der Waals surface area contributed by atoms with Gasteiger partial charge in [-0.05, 0) is 20.8 Å². The smallest absolute Gasteiger partial charge is 0.303 e. The summed E-state index contributed by atoms with van der Waals surface area (Å²) in [7, 11) is -5.18. The minimum Gasteiger partial charge on any atom is -0.460 e. The van der Waals surface area contributed by atoms with E-state index < -0.39 is 20.2 Å². The highest BCUT2D eigenvalue weighted by atomic mass is 33.2. The van der Waals surface area contributed by atoms with E-state index in [9.17, 15) is 13.2 Å². The van der Waals surface area contributed by atoms with Gasteiger partial charge in [-0.15, -0.1) is 0 Å². The molecule has 14 heavy (non-hydrogen) atoms. The average molecular weight is 246 g/mol. The standard InChI is InChI=1S/C6H12O2.H2O4S2/c1-5(7)8-6(2,3)4;1-5(2)6(3)4/h1-4H3;(H,1,2)(H,3,4). The maximum atomic E-state index is 10.2. The van der Waals surface area contributed by atoms with Gasteiger partial charge in [-0.2, -0.15) is 0 Å². The van der Waals surface area contributed by atoms with E-state index in [1.54, 1.807) is 0 Å². The maximum absolute atomic E-state index is 10.2. The third-order valence-electron chi connectivity index (χ3n) is 0.572. The van der Waals surface area contributed by atoms with Crippen LogP contribution in [-0.2, 0) is 29.8 Å². The molecule has 0 fully saturated rings. The van der Waals surface area contributed by atoms with E-state index in [4.69, 9.17) is 13.8 Å². The van der Waals surface area contributed by atoms with Crippen molar-refractivity contribution in [3.05, 3.63) is 0 Å². The molecule has 0 aromatic heterocycles. The number of hydrogen-bond acceptors (Lipinski definition) is 4. The maximum Gasteiger partial charge on any atom is 0.303 e. The summed E-state index contributed by atoms with van der Waals surface area (Å²) in [5.74, 6) is -0.225. The molecule has 2 N–H and O–H groups in total. The lowest BCUT2D eigenvalue weighted by Gasteiger charge is -2.17. The summed E-state index contributed by atoms with van der Waals surface area (Å²) in [6.07, 6.45) is 0. The van der Waals surface area contributed by atoms with Gasteiger partial charge in [0, 0.05) is 6.92 Å². The van der Waals surface area contributed by atoms with Crippen molar-refractivity contribution >= 4 is 26.2 Å². The van der Waals surface area contributed by atoms with Gasteiger partial charge in [0.2, 0.25) is 0 Å². The SMILES string of the molecule is CC(=O)OC(C)(C)C.O=S(O)S(=O)O. The summed E-state index contributed by atoms with van der Waals surface area (Å²) >= 11 is 0. The molecule has 0 saturated carbocycles. The summed E-state index contributed by atoms with van der Waals surface area (Å²) in [5.41, 5.74) is -0.328. The van der Waals surface area contributed by atoms with Crippen molar-refractivity contribution in [3.8, 4) is 0 Å². The third-order valence-corrected chi connectivity index (χ3v) is 1.55. The van der Waals surface area contributed by atoms with Gasteiger partial charge in [-0.3, -0.25) is 13.9 Å². The van der Waals surface area contributed by atoms with E-state index in [1.165, 1.54) is 6.92 Å². The average Bonchev–Trinajstić information content (AvgIpc) is 1.81. The number of hydrogen-bond donors (Lipinski definition) is 2. The lowest BCUT2D eigenvalue weighted by atomic mass is 10.2. The van der Waals surface area contributed by atoms with Crippen molar-refractivity contribution in [2.24, 2.45) is 0 Å². The number of ether oxygens (including phenoxy) is 1. The summed E-state index contributed by atoms with van der Waals surface area (Å²) < 4.78 is 38.4. The lowest BCUT2D eigenvalue weighted by molar-refractivity contribution is -0.151. The molecule has 0 spiro atoms. The van der Waals surface area contributed by atoms with Crippen LogP contribution < -0.4 is 0 Å². The van der Waals surface area contributed by atoms with Gasteiger partial charge < -0.3 is 4.74 Å². The first-order valence-electron chi connectivity index (χ1n) is 3.48. The zero-order chi connectivity index (χ0) is 11.9. The van der Waals surface area contributed by atoms with Crippen molar-refractivity contribution in [2.75, 3.05) is 0 Å². The van der Waals surface area contributed by atoms with E-state index in [0.717, 1.165) is 0 Å². The minimum absolute atomic E-state index is 0.225. The molecular formula is C6H14O6S2. The quantitative estimate of drug-likeness (QED) is 0.401. The second-order valence-corrected chi connectivity index (χ2v) is 5.72. The Kier molecular flexibility index (Phi) is 8.12. The summed E-state index contributed by atoms with van der Waals surface area (Å²) in [6.45, 7) is 6.93. The predicted octanol–water partition coefficient (Wildman–Crippen LogP) is 0.693. The molecular weight excluding hydrogens is 232 g/mol. The van der Waals surface area contributed by atoms with Crippen LogP contribution in [0.3, 0.4) is 0 Å². The minimum atomic E-state index is -2.59. The fraction of sp³-hybridized carbons (Fsp3) is 0.833. The number of carbonyl (C=O) groups excluding carboxylic acids is 1. The van der Waals surface area contributed by atoms with Crippen LogP contribution in [0, 0.1) is 0 Å². The summed E-state index contributed by atoms with van der Waals surface area (Å²) in [6, 6.07) is 0. The Morgan fingerprint density at radius 3 is 1.43 bits per heavy atom. The van der Waals surface area contributed by atoms with Crippen LogP contribution in [0.15, 0.2) is 0 Å². The molecule has 0 aliphatic carbocycles. The molecule has 0 aliphatic heterocycles. The van der Waals surface area contributed by atoms with Crippen LogP contribution >= 0.6 is 0 Å². The van der Waals surface area contributed by atoms with Crippen LogP contribution in [0.5, 0.6) is 0 Å². The topological polar surface area (TPSA) is 101 Å². The van der Waals surface area contributed by atoms with Crippen molar-refractivity contribution < 1.29 is 27.1 Å². The summed E-state index contributed by atoms with van der Waals surface area (Å²) in [5, 5.41) is 0. The molecule has 0 aromatic rings. The van der Waals surface area contributed by atoms with E-state index in [1.807, 2.05) is 20.8 Å². The number of rotatable bonds is 1.